The quantitative estimate of drug-likeness (QED) is 0.281. The first kappa shape index (κ1) is 8.84. The summed E-state index contributed by atoms with van der Waals surface area (Å²) in [7, 11) is 0. The van der Waals surface area contributed by atoms with Crippen LogP contribution in [-0.4, -0.2) is 9.85 Å². The van der Waals surface area contributed by atoms with E-state index >= 15 is 0 Å². The lowest BCUT2D eigenvalue weighted by Crippen LogP contribution is -2.25. The minimum atomic E-state index is -0.874. The van der Waals surface area contributed by atoms with Crippen LogP contribution in [-0.2, 0) is 0 Å². The number of hydrogen-bond acceptors (Lipinski definition) is 5. The Morgan fingerprint density at radius 1 is 1.08 bits per heavy atom. The van der Waals surface area contributed by atoms with Crippen molar-refractivity contribution in [2.24, 2.45) is 0 Å². The van der Waals surface area contributed by atoms with Gasteiger partial charge in [-0.3, -0.25) is 20.2 Å². The Balaban J connectivity index is 3.26. The van der Waals surface area contributed by atoms with Crippen molar-refractivity contribution >= 4 is 11.4 Å². The van der Waals surface area contributed by atoms with Crippen molar-refractivity contribution in [3.05, 3.63) is 43.9 Å². The molecule has 0 saturated heterocycles. The fraction of sp³-hybridized carbons (Fsp3) is 0. The third-order valence-electron chi connectivity index (χ3n) is 1.24. The number of nitro groups is 2. The molecule has 0 aliphatic heterocycles. The summed E-state index contributed by atoms with van der Waals surface area (Å²) < 4.78 is 0.0241. The Labute approximate surface area is 70.9 Å². The van der Waals surface area contributed by atoms with Gasteiger partial charge in [0.15, 0.2) is 0 Å². The zero-order chi connectivity index (χ0) is 10.0. The molecular formula is C5H3N3O5. The van der Waals surface area contributed by atoms with Crippen LogP contribution in [0.1, 0.15) is 0 Å². The Hall–Kier alpha value is -2.25. The summed E-state index contributed by atoms with van der Waals surface area (Å²) in [5, 5.41) is 30.9. The van der Waals surface area contributed by atoms with Crippen molar-refractivity contribution in [1.82, 2.24) is 0 Å². The lowest BCUT2D eigenvalue weighted by molar-refractivity contribution is -0.613. The first-order chi connectivity index (χ1) is 6.00. The van der Waals surface area contributed by atoms with Gasteiger partial charge in [-0.2, -0.15) is 4.73 Å². The molecule has 0 radical (unpaired) electrons. The highest BCUT2D eigenvalue weighted by atomic mass is 16.6. The SMILES string of the molecule is O=[N+]([O-])c1cc([N+](=O)[O-])c[n+]([O-])c1. The molecule has 68 valence electrons. The maximum Gasteiger partial charge on any atom is 0.340 e. The average molecular weight is 185 g/mol. The highest BCUT2D eigenvalue weighted by Gasteiger charge is 2.19. The topological polar surface area (TPSA) is 113 Å². The van der Waals surface area contributed by atoms with Gasteiger partial charge in [0.25, 0.3) is 12.4 Å². The van der Waals surface area contributed by atoms with Crippen LogP contribution in [0.4, 0.5) is 11.4 Å². The maximum absolute atomic E-state index is 10.6. The summed E-state index contributed by atoms with van der Waals surface area (Å²) in [6, 6.07) is 0.717. The largest absolute Gasteiger partial charge is 0.618 e. The molecule has 13 heavy (non-hydrogen) atoms. The predicted molar refractivity (Wildman–Crippen MR) is 38.7 cm³/mol. The summed E-state index contributed by atoms with van der Waals surface area (Å²) in [5.74, 6) is 0. The molecule has 8 nitrogen and oxygen atoms in total. The van der Waals surface area contributed by atoms with Crippen molar-refractivity contribution in [3.8, 4) is 0 Å². The van der Waals surface area contributed by atoms with Crippen LogP contribution in [0.5, 0.6) is 0 Å². The molecule has 0 atom stereocenters. The highest BCUT2D eigenvalue weighted by Crippen LogP contribution is 2.15. The van der Waals surface area contributed by atoms with E-state index in [1.54, 1.807) is 0 Å². The van der Waals surface area contributed by atoms with Crippen molar-refractivity contribution in [2.75, 3.05) is 0 Å². The van der Waals surface area contributed by atoms with Crippen molar-refractivity contribution in [1.29, 1.82) is 0 Å². The van der Waals surface area contributed by atoms with Crippen LogP contribution in [0.2, 0.25) is 0 Å². The van der Waals surface area contributed by atoms with E-state index in [1.807, 2.05) is 0 Å². The second kappa shape index (κ2) is 3.01. The van der Waals surface area contributed by atoms with Gasteiger partial charge in [0, 0.05) is 0 Å². The standard InChI is InChI=1S/C5H3N3O5/c9-6-2-4(7(10)11)1-5(3-6)8(12)13/h1-3H. The molecule has 0 fully saturated rings. The van der Waals surface area contributed by atoms with Gasteiger partial charge in [-0.15, -0.1) is 0 Å². The summed E-state index contributed by atoms with van der Waals surface area (Å²) in [6.45, 7) is 0. The molecule has 0 aromatic carbocycles. The van der Waals surface area contributed by atoms with E-state index in [0.29, 0.717) is 18.5 Å². The van der Waals surface area contributed by atoms with Gasteiger partial charge in [0.05, 0.1) is 9.85 Å². The Morgan fingerprint density at radius 3 is 1.77 bits per heavy atom. The van der Waals surface area contributed by atoms with Crippen molar-refractivity contribution < 1.29 is 14.6 Å². The van der Waals surface area contributed by atoms with Gasteiger partial charge in [0.1, 0.15) is 6.07 Å². The molecule has 0 aliphatic carbocycles. The summed E-state index contributed by atoms with van der Waals surface area (Å²) >= 11 is 0. The first-order valence-electron chi connectivity index (χ1n) is 3.03. The Kier molecular flexibility index (Phi) is 2.05. The summed E-state index contributed by atoms with van der Waals surface area (Å²) in [6.07, 6.45) is 1.29. The summed E-state index contributed by atoms with van der Waals surface area (Å²) in [5.41, 5.74) is -1.21. The van der Waals surface area contributed by atoms with Crippen molar-refractivity contribution in [2.45, 2.75) is 0 Å². The third kappa shape index (κ3) is 1.86. The molecule has 0 aliphatic rings. The van der Waals surface area contributed by atoms with Gasteiger partial charge < -0.3 is 5.21 Å². The average Bonchev–Trinajstić information content (AvgIpc) is 2.03. The van der Waals surface area contributed by atoms with Gasteiger partial charge in [-0.05, 0) is 0 Å². The lowest BCUT2D eigenvalue weighted by Gasteiger charge is -1.94. The molecule has 0 saturated carbocycles. The highest BCUT2D eigenvalue weighted by molar-refractivity contribution is 5.35. The fourth-order valence-corrected chi connectivity index (χ4v) is 0.724. The monoisotopic (exact) mass is 185 g/mol. The molecule has 0 unspecified atom stereocenters. The molecule has 1 aromatic rings. The van der Waals surface area contributed by atoms with E-state index in [1.165, 1.54) is 0 Å². The zero-order valence-electron chi connectivity index (χ0n) is 6.11. The smallest absolute Gasteiger partial charge is 0.340 e. The van der Waals surface area contributed by atoms with E-state index in [2.05, 4.69) is 0 Å². The van der Waals surface area contributed by atoms with Crippen LogP contribution < -0.4 is 4.73 Å². The molecule has 1 rings (SSSR count). The molecule has 0 amide bonds. The van der Waals surface area contributed by atoms with Crippen LogP contribution in [0, 0.1) is 25.4 Å². The van der Waals surface area contributed by atoms with Gasteiger partial charge in [0.2, 0.25) is 0 Å². The zero-order valence-corrected chi connectivity index (χ0v) is 6.11. The Bertz CT molecular complexity index is 344. The number of aromatic nitrogens is 1. The number of rotatable bonds is 2. The summed E-state index contributed by atoms with van der Waals surface area (Å²) in [4.78, 5) is 18.6. The fourth-order valence-electron chi connectivity index (χ4n) is 0.724. The van der Waals surface area contributed by atoms with Crippen LogP contribution in [0.25, 0.3) is 0 Å². The van der Waals surface area contributed by atoms with Crippen LogP contribution in [0.3, 0.4) is 0 Å². The molecule has 1 aromatic heterocycles. The molecule has 8 heteroatoms. The Morgan fingerprint density at radius 2 is 1.46 bits per heavy atom. The second-order valence-corrected chi connectivity index (χ2v) is 2.13. The molecule has 0 spiro atoms. The molecule has 0 bridgehead atoms. The molecule has 0 N–H and O–H groups in total. The lowest BCUT2D eigenvalue weighted by atomic mass is 10.4. The molecule has 1 heterocycles. The van der Waals surface area contributed by atoms with Crippen LogP contribution in [0.15, 0.2) is 18.5 Å². The maximum atomic E-state index is 10.6. The third-order valence-corrected chi connectivity index (χ3v) is 1.24. The second-order valence-electron chi connectivity index (χ2n) is 2.13. The molecular weight excluding hydrogens is 182 g/mol. The van der Waals surface area contributed by atoms with E-state index in [9.17, 15) is 25.4 Å². The minimum Gasteiger partial charge on any atom is -0.618 e. The van der Waals surface area contributed by atoms with Crippen LogP contribution >= 0.6 is 0 Å². The van der Waals surface area contributed by atoms with Gasteiger partial charge >= 0.3 is 11.4 Å². The number of nitrogens with zero attached hydrogens (tertiary/aromatic N) is 3. The van der Waals surface area contributed by atoms with E-state index in [4.69, 9.17) is 0 Å². The first-order valence-corrected chi connectivity index (χ1v) is 3.03. The van der Waals surface area contributed by atoms with Crippen molar-refractivity contribution in [3.63, 3.8) is 0 Å². The number of pyridine rings is 1. The van der Waals surface area contributed by atoms with E-state index < -0.39 is 21.2 Å². The number of hydrogen-bond donors (Lipinski definition) is 0. The predicted octanol–water partition coefficient (Wildman–Crippen LogP) is 0.136. The normalized spacial score (nSPS) is 9.54. The van der Waals surface area contributed by atoms with Gasteiger partial charge in [-0.25, -0.2) is 0 Å². The van der Waals surface area contributed by atoms with Gasteiger partial charge in [-0.1, -0.05) is 0 Å². The minimum absolute atomic E-state index is 0.0241. The van der Waals surface area contributed by atoms with E-state index in [-0.39, 0.29) is 4.73 Å². The van der Waals surface area contributed by atoms with E-state index in [0.717, 1.165) is 0 Å².